The number of para-hydroxylation sites is 2. The topological polar surface area (TPSA) is 89.2 Å². The third kappa shape index (κ3) is 3.48. The number of rotatable bonds is 5. The summed E-state index contributed by atoms with van der Waals surface area (Å²) in [6.07, 6.45) is 1.45. The standard InChI is InChI=1S/C23H18BrNO6/c1-29-16-10-9-13(12-14(16)24)21(26)19-20(18-8-5-11-31-18)25(23(28)22(19)27)15-6-3-4-7-17(15)30-2/h3-12,20,26H,1-2H3/b21-19-. The number of hydrogen-bond donors (Lipinski definition) is 1. The molecule has 1 aliphatic heterocycles. The molecule has 0 radical (unpaired) electrons. The number of carbonyl (C=O) groups excluding carboxylic acids is 2. The Morgan fingerprint density at radius 1 is 1.03 bits per heavy atom. The number of aliphatic hydroxyl groups excluding tert-OH is 1. The number of ketones is 1. The van der Waals surface area contributed by atoms with E-state index in [1.54, 1.807) is 54.6 Å². The number of amides is 1. The van der Waals surface area contributed by atoms with E-state index in [4.69, 9.17) is 13.9 Å². The van der Waals surface area contributed by atoms with Gasteiger partial charge in [-0.25, -0.2) is 0 Å². The van der Waals surface area contributed by atoms with Gasteiger partial charge in [-0.15, -0.1) is 0 Å². The molecule has 8 heteroatoms. The second-order valence-electron chi connectivity index (χ2n) is 6.71. The van der Waals surface area contributed by atoms with E-state index in [9.17, 15) is 14.7 Å². The number of nitrogens with zero attached hydrogens (tertiary/aromatic N) is 1. The largest absolute Gasteiger partial charge is 0.507 e. The number of hydrogen-bond acceptors (Lipinski definition) is 6. The van der Waals surface area contributed by atoms with E-state index >= 15 is 0 Å². The van der Waals surface area contributed by atoms with Gasteiger partial charge >= 0.3 is 0 Å². The summed E-state index contributed by atoms with van der Waals surface area (Å²) in [5.41, 5.74) is 0.661. The summed E-state index contributed by atoms with van der Waals surface area (Å²) in [5.74, 6) is -0.627. The van der Waals surface area contributed by atoms with Crippen LogP contribution in [0.1, 0.15) is 17.4 Å². The highest BCUT2D eigenvalue weighted by molar-refractivity contribution is 9.10. The summed E-state index contributed by atoms with van der Waals surface area (Å²) in [6, 6.07) is 14.1. The van der Waals surface area contributed by atoms with Gasteiger partial charge in [-0.3, -0.25) is 14.5 Å². The van der Waals surface area contributed by atoms with Crippen LogP contribution in [0.3, 0.4) is 0 Å². The summed E-state index contributed by atoms with van der Waals surface area (Å²) >= 11 is 3.38. The van der Waals surface area contributed by atoms with Crippen molar-refractivity contribution in [3.63, 3.8) is 0 Å². The maximum absolute atomic E-state index is 13.1. The quantitative estimate of drug-likeness (QED) is 0.321. The minimum atomic E-state index is -0.966. The van der Waals surface area contributed by atoms with Gasteiger partial charge in [-0.2, -0.15) is 0 Å². The van der Waals surface area contributed by atoms with Gasteiger partial charge in [0.2, 0.25) is 0 Å². The van der Waals surface area contributed by atoms with Crippen LogP contribution in [0.2, 0.25) is 0 Å². The lowest BCUT2D eigenvalue weighted by Gasteiger charge is -2.24. The lowest BCUT2D eigenvalue weighted by atomic mass is 9.99. The van der Waals surface area contributed by atoms with Crippen LogP contribution in [0.4, 0.5) is 5.69 Å². The van der Waals surface area contributed by atoms with Crippen molar-refractivity contribution in [2.24, 2.45) is 0 Å². The smallest absolute Gasteiger partial charge is 0.300 e. The van der Waals surface area contributed by atoms with Crippen LogP contribution in [0, 0.1) is 0 Å². The number of benzene rings is 2. The first kappa shape index (κ1) is 20.7. The van der Waals surface area contributed by atoms with Crippen molar-refractivity contribution in [2.75, 3.05) is 19.1 Å². The number of methoxy groups -OCH3 is 2. The number of carbonyl (C=O) groups is 2. The van der Waals surface area contributed by atoms with Crippen LogP contribution in [-0.4, -0.2) is 31.0 Å². The highest BCUT2D eigenvalue weighted by Crippen LogP contribution is 2.45. The Labute approximate surface area is 186 Å². The first-order valence-electron chi connectivity index (χ1n) is 9.29. The second kappa shape index (κ2) is 8.31. The number of furan rings is 1. The first-order valence-corrected chi connectivity index (χ1v) is 10.1. The molecular formula is C23H18BrNO6. The minimum absolute atomic E-state index is 0.0806. The van der Waals surface area contributed by atoms with Crippen molar-refractivity contribution in [3.05, 3.63) is 82.2 Å². The van der Waals surface area contributed by atoms with Crippen molar-refractivity contribution in [3.8, 4) is 11.5 Å². The Hall–Kier alpha value is -3.52. The molecule has 0 spiro atoms. The average molecular weight is 484 g/mol. The second-order valence-corrected chi connectivity index (χ2v) is 7.56. The molecule has 1 amide bonds. The number of anilines is 1. The molecule has 1 atom stereocenters. The zero-order valence-corrected chi connectivity index (χ0v) is 18.3. The van der Waals surface area contributed by atoms with Crippen LogP contribution in [0.15, 0.2) is 75.3 Å². The zero-order valence-electron chi connectivity index (χ0n) is 16.7. The van der Waals surface area contributed by atoms with Gasteiger partial charge in [0.25, 0.3) is 11.7 Å². The molecule has 3 aromatic rings. The molecule has 1 aromatic heterocycles. The third-order valence-electron chi connectivity index (χ3n) is 5.03. The fraction of sp³-hybridized carbons (Fsp3) is 0.130. The van der Waals surface area contributed by atoms with E-state index in [0.717, 1.165) is 0 Å². The van der Waals surface area contributed by atoms with E-state index in [2.05, 4.69) is 15.9 Å². The summed E-state index contributed by atoms with van der Waals surface area (Å²) in [6.45, 7) is 0. The molecule has 0 saturated carbocycles. The fourth-order valence-corrected chi connectivity index (χ4v) is 4.14. The van der Waals surface area contributed by atoms with Gasteiger partial charge in [0, 0.05) is 5.56 Å². The van der Waals surface area contributed by atoms with Crippen LogP contribution in [0.25, 0.3) is 5.76 Å². The molecule has 1 aliphatic rings. The molecule has 1 saturated heterocycles. The van der Waals surface area contributed by atoms with Crippen LogP contribution in [0.5, 0.6) is 11.5 Å². The molecule has 2 aromatic carbocycles. The van der Waals surface area contributed by atoms with Crippen LogP contribution < -0.4 is 14.4 Å². The van der Waals surface area contributed by atoms with Gasteiger partial charge in [0.1, 0.15) is 29.1 Å². The average Bonchev–Trinajstić information content (AvgIpc) is 3.40. The Bertz CT molecular complexity index is 1180. The highest BCUT2D eigenvalue weighted by Gasteiger charge is 2.49. The Morgan fingerprint density at radius 2 is 1.77 bits per heavy atom. The SMILES string of the molecule is COc1ccc(/C(O)=C2/C(=O)C(=O)N(c3ccccc3OC)C2c2ccco2)cc1Br. The number of halogens is 1. The van der Waals surface area contributed by atoms with Crippen LogP contribution in [-0.2, 0) is 9.59 Å². The molecule has 1 fully saturated rings. The van der Waals surface area contributed by atoms with E-state index in [0.29, 0.717) is 33.0 Å². The summed E-state index contributed by atoms with van der Waals surface area (Å²) < 4.78 is 16.8. The molecule has 158 valence electrons. The van der Waals surface area contributed by atoms with Gasteiger partial charge in [-0.1, -0.05) is 12.1 Å². The lowest BCUT2D eigenvalue weighted by molar-refractivity contribution is -0.132. The molecule has 2 heterocycles. The van der Waals surface area contributed by atoms with Crippen molar-refractivity contribution in [1.82, 2.24) is 0 Å². The van der Waals surface area contributed by atoms with Gasteiger partial charge in [0.15, 0.2) is 0 Å². The molecule has 1 unspecified atom stereocenters. The number of Topliss-reactive ketones (excluding diaryl/α,β-unsaturated/α-hetero) is 1. The Morgan fingerprint density at radius 3 is 2.42 bits per heavy atom. The van der Waals surface area contributed by atoms with Crippen molar-refractivity contribution < 1.29 is 28.6 Å². The van der Waals surface area contributed by atoms with Gasteiger partial charge in [0.05, 0.1) is 36.2 Å². The monoisotopic (exact) mass is 483 g/mol. The molecule has 31 heavy (non-hydrogen) atoms. The molecule has 4 rings (SSSR count). The molecule has 7 nitrogen and oxygen atoms in total. The van der Waals surface area contributed by atoms with E-state index < -0.39 is 17.7 Å². The Balaban J connectivity index is 1.93. The fourth-order valence-electron chi connectivity index (χ4n) is 3.59. The zero-order chi connectivity index (χ0) is 22.1. The lowest BCUT2D eigenvalue weighted by Crippen LogP contribution is -2.29. The Kier molecular flexibility index (Phi) is 5.56. The van der Waals surface area contributed by atoms with Crippen molar-refractivity contribution in [1.29, 1.82) is 0 Å². The number of ether oxygens (including phenoxy) is 2. The predicted octanol–water partition coefficient (Wildman–Crippen LogP) is 4.69. The summed E-state index contributed by atoms with van der Waals surface area (Å²) in [5, 5.41) is 11.1. The molecular weight excluding hydrogens is 466 g/mol. The molecule has 0 aliphatic carbocycles. The van der Waals surface area contributed by atoms with Gasteiger partial charge < -0.3 is 19.0 Å². The maximum Gasteiger partial charge on any atom is 0.300 e. The normalized spacial score (nSPS) is 17.8. The summed E-state index contributed by atoms with van der Waals surface area (Å²) in [4.78, 5) is 27.5. The maximum atomic E-state index is 13.1. The van der Waals surface area contributed by atoms with E-state index in [1.807, 2.05) is 0 Å². The minimum Gasteiger partial charge on any atom is -0.507 e. The van der Waals surface area contributed by atoms with E-state index in [-0.39, 0.29) is 11.3 Å². The van der Waals surface area contributed by atoms with Crippen LogP contribution >= 0.6 is 15.9 Å². The van der Waals surface area contributed by atoms with Gasteiger partial charge in [-0.05, 0) is 58.4 Å². The third-order valence-corrected chi connectivity index (χ3v) is 5.65. The number of aliphatic hydroxyl groups is 1. The highest BCUT2D eigenvalue weighted by atomic mass is 79.9. The molecule has 1 N–H and O–H groups in total. The predicted molar refractivity (Wildman–Crippen MR) is 117 cm³/mol. The molecule has 0 bridgehead atoms. The van der Waals surface area contributed by atoms with Crippen molar-refractivity contribution >= 4 is 39.1 Å². The first-order chi connectivity index (χ1) is 15.0. The van der Waals surface area contributed by atoms with E-state index in [1.165, 1.54) is 25.4 Å². The summed E-state index contributed by atoms with van der Waals surface area (Å²) in [7, 11) is 3.00. The van der Waals surface area contributed by atoms with Crippen molar-refractivity contribution in [2.45, 2.75) is 6.04 Å².